The van der Waals surface area contributed by atoms with E-state index in [0.29, 0.717) is 18.3 Å². The molecule has 1 atom stereocenters. The molecule has 1 heterocycles. The molecule has 6 heteroatoms. The Balaban J connectivity index is 2.08. The van der Waals surface area contributed by atoms with Crippen LogP contribution in [0.4, 0.5) is 5.69 Å². The molecule has 0 spiro atoms. The summed E-state index contributed by atoms with van der Waals surface area (Å²) in [6.45, 7) is 2.54. The maximum Gasteiger partial charge on any atom is 0.270 e. The van der Waals surface area contributed by atoms with E-state index in [1.54, 1.807) is 19.2 Å². The van der Waals surface area contributed by atoms with Crippen molar-refractivity contribution in [1.29, 1.82) is 0 Å². The first kappa shape index (κ1) is 12.8. The van der Waals surface area contributed by atoms with Crippen LogP contribution in [0.25, 0.3) is 0 Å². The van der Waals surface area contributed by atoms with Crippen LogP contribution in [0.5, 0.6) is 5.75 Å². The van der Waals surface area contributed by atoms with Crippen molar-refractivity contribution in [2.45, 2.75) is 19.0 Å². The van der Waals surface area contributed by atoms with E-state index in [-0.39, 0.29) is 10.6 Å². The molecule has 0 amide bonds. The molecule has 0 aliphatic carbocycles. The Labute approximate surface area is 105 Å². The van der Waals surface area contributed by atoms with Gasteiger partial charge in [-0.2, -0.15) is 0 Å². The summed E-state index contributed by atoms with van der Waals surface area (Å²) in [5.41, 5.74) is 0.913. The minimum absolute atomic E-state index is 0.0946. The van der Waals surface area contributed by atoms with Gasteiger partial charge < -0.3 is 15.4 Å². The Morgan fingerprint density at radius 3 is 3.06 bits per heavy atom. The van der Waals surface area contributed by atoms with Gasteiger partial charge in [-0.3, -0.25) is 10.1 Å². The fourth-order valence-electron chi connectivity index (χ4n) is 2.10. The average molecular weight is 251 g/mol. The summed E-state index contributed by atoms with van der Waals surface area (Å²) in [4.78, 5) is 10.4. The summed E-state index contributed by atoms with van der Waals surface area (Å²) < 4.78 is 5.22. The standard InChI is InChI=1S/C12H17N3O3/c1-18-12-3-2-11(15(16)17)6-9(12)7-14-10-4-5-13-8-10/h2-3,6,10,13-14H,4-5,7-8H2,1H3. The first-order valence-corrected chi connectivity index (χ1v) is 5.96. The van der Waals surface area contributed by atoms with Crippen molar-refractivity contribution < 1.29 is 9.66 Å². The van der Waals surface area contributed by atoms with Crippen molar-refractivity contribution in [2.24, 2.45) is 0 Å². The van der Waals surface area contributed by atoms with Gasteiger partial charge in [0.1, 0.15) is 5.75 Å². The van der Waals surface area contributed by atoms with Crippen LogP contribution in [-0.2, 0) is 6.54 Å². The molecule has 1 aliphatic heterocycles. The van der Waals surface area contributed by atoms with E-state index in [1.165, 1.54) is 6.07 Å². The molecule has 0 aromatic heterocycles. The van der Waals surface area contributed by atoms with Gasteiger partial charge in [0.05, 0.1) is 12.0 Å². The third-order valence-corrected chi connectivity index (χ3v) is 3.12. The van der Waals surface area contributed by atoms with Crippen molar-refractivity contribution in [2.75, 3.05) is 20.2 Å². The zero-order valence-corrected chi connectivity index (χ0v) is 10.3. The highest BCUT2D eigenvalue weighted by atomic mass is 16.6. The lowest BCUT2D eigenvalue weighted by molar-refractivity contribution is -0.384. The van der Waals surface area contributed by atoms with E-state index in [1.807, 2.05) is 0 Å². The molecule has 1 aromatic carbocycles. The second-order valence-electron chi connectivity index (χ2n) is 4.32. The molecule has 18 heavy (non-hydrogen) atoms. The van der Waals surface area contributed by atoms with Crippen molar-refractivity contribution in [3.05, 3.63) is 33.9 Å². The number of nitrogens with zero attached hydrogens (tertiary/aromatic N) is 1. The zero-order chi connectivity index (χ0) is 13.0. The predicted octanol–water partition coefficient (Wildman–Crippen LogP) is 1.05. The number of hydrogen-bond donors (Lipinski definition) is 2. The van der Waals surface area contributed by atoms with E-state index in [4.69, 9.17) is 4.74 Å². The van der Waals surface area contributed by atoms with E-state index in [9.17, 15) is 10.1 Å². The summed E-state index contributed by atoms with van der Waals surface area (Å²) in [7, 11) is 1.57. The first-order chi connectivity index (χ1) is 8.70. The second-order valence-corrected chi connectivity index (χ2v) is 4.32. The van der Waals surface area contributed by atoms with Crippen LogP contribution >= 0.6 is 0 Å². The minimum atomic E-state index is -0.389. The molecule has 98 valence electrons. The summed E-state index contributed by atoms with van der Waals surface area (Å²) >= 11 is 0. The normalized spacial score (nSPS) is 18.8. The number of benzene rings is 1. The van der Waals surface area contributed by atoms with E-state index >= 15 is 0 Å². The molecule has 0 radical (unpaired) electrons. The summed E-state index contributed by atoms with van der Waals surface area (Å²) in [6.07, 6.45) is 1.08. The molecular formula is C12H17N3O3. The summed E-state index contributed by atoms with van der Waals surface area (Å²) in [5.74, 6) is 0.680. The van der Waals surface area contributed by atoms with Crippen LogP contribution in [0, 0.1) is 10.1 Å². The summed E-state index contributed by atoms with van der Waals surface area (Å²) in [5, 5.41) is 17.4. The van der Waals surface area contributed by atoms with Crippen LogP contribution in [0.1, 0.15) is 12.0 Å². The number of nitrogens with one attached hydrogen (secondary N) is 2. The van der Waals surface area contributed by atoms with Gasteiger partial charge >= 0.3 is 0 Å². The molecule has 0 bridgehead atoms. The van der Waals surface area contributed by atoms with Crippen molar-refractivity contribution in [1.82, 2.24) is 10.6 Å². The molecule has 1 aromatic rings. The molecule has 1 unspecified atom stereocenters. The Bertz CT molecular complexity index is 431. The Hall–Kier alpha value is -1.66. The summed E-state index contributed by atoms with van der Waals surface area (Å²) in [6, 6.07) is 5.09. The third kappa shape index (κ3) is 2.96. The van der Waals surface area contributed by atoms with E-state index in [2.05, 4.69) is 10.6 Å². The Morgan fingerprint density at radius 2 is 2.44 bits per heavy atom. The molecule has 2 N–H and O–H groups in total. The fourth-order valence-corrected chi connectivity index (χ4v) is 2.10. The topological polar surface area (TPSA) is 76.4 Å². The number of rotatable bonds is 5. The number of methoxy groups -OCH3 is 1. The largest absolute Gasteiger partial charge is 0.496 e. The number of hydrogen-bond acceptors (Lipinski definition) is 5. The number of nitro benzene ring substituents is 1. The molecule has 0 saturated carbocycles. The van der Waals surface area contributed by atoms with Crippen LogP contribution in [-0.4, -0.2) is 31.2 Å². The maximum absolute atomic E-state index is 10.7. The number of non-ortho nitro benzene ring substituents is 1. The molecule has 1 fully saturated rings. The van der Waals surface area contributed by atoms with Crippen molar-refractivity contribution >= 4 is 5.69 Å². The molecule has 1 aliphatic rings. The average Bonchev–Trinajstić information content (AvgIpc) is 2.89. The second kappa shape index (κ2) is 5.79. The number of nitro groups is 1. The lowest BCUT2D eigenvalue weighted by atomic mass is 10.1. The lowest BCUT2D eigenvalue weighted by Crippen LogP contribution is -2.30. The highest BCUT2D eigenvalue weighted by molar-refractivity contribution is 5.43. The van der Waals surface area contributed by atoms with Gasteiger partial charge in [-0.05, 0) is 19.0 Å². The lowest BCUT2D eigenvalue weighted by Gasteiger charge is -2.13. The maximum atomic E-state index is 10.7. The van der Waals surface area contributed by atoms with E-state index < -0.39 is 0 Å². The highest BCUT2D eigenvalue weighted by Crippen LogP contribution is 2.24. The molecule has 1 saturated heterocycles. The minimum Gasteiger partial charge on any atom is -0.496 e. The molecular weight excluding hydrogens is 234 g/mol. The molecule has 6 nitrogen and oxygen atoms in total. The SMILES string of the molecule is COc1ccc([N+](=O)[O-])cc1CNC1CCNC1. The zero-order valence-electron chi connectivity index (χ0n) is 10.3. The predicted molar refractivity (Wildman–Crippen MR) is 67.8 cm³/mol. The van der Waals surface area contributed by atoms with Gasteiger partial charge in [-0.15, -0.1) is 0 Å². The fraction of sp³-hybridized carbons (Fsp3) is 0.500. The first-order valence-electron chi connectivity index (χ1n) is 5.96. The smallest absolute Gasteiger partial charge is 0.270 e. The van der Waals surface area contributed by atoms with Gasteiger partial charge in [-0.1, -0.05) is 0 Å². The van der Waals surface area contributed by atoms with Gasteiger partial charge in [0.2, 0.25) is 0 Å². The van der Waals surface area contributed by atoms with E-state index in [0.717, 1.165) is 25.1 Å². The van der Waals surface area contributed by atoms with Crippen molar-refractivity contribution in [3.63, 3.8) is 0 Å². The van der Waals surface area contributed by atoms with Crippen LogP contribution in [0.15, 0.2) is 18.2 Å². The van der Waals surface area contributed by atoms with Crippen molar-refractivity contribution in [3.8, 4) is 5.75 Å². The number of ether oxygens (including phenoxy) is 1. The highest BCUT2D eigenvalue weighted by Gasteiger charge is 2.16. The Kier molecular flexibility index (Phi) is 4.11. The van der Waals surface area contributed by atoms with Gasteiger partial charge in [-0.25, -0.2) is 0 Å². The molecule has 2 rings (SSSR count). The Morgan fingerprint density at radius 1 is 1.61 bits per heavy atom. The third-order valence-electron chi connectivity index (χ3n) is 3.12. The quantitative estimate of drug-likeness (QED) is 0.604. The van der Waals surface area contributed by atoms with Crippen LogP contribution < -0.4 is 15.4 Å². The monoisotopic (exact) mass is 251 g/mol. The van der Waals surface area contributed by atoms with Gasteiger partial charge in [0.15, 0.2) is 0 Å². The van der Waals surface area contributed by atoms with Crippen LogP contribution in [0.2, 0.25) is 0 Å². The van der Waals surface area contributed by atoms with Gasteiger partial charge in [0, 0.05) is 36.8 Å². The van der Waals surface area contributed by atoms with Gasteiger partial charge in [0.25, 0.3) is 5.69 Å². The van der Waals surface area contributed by atoms with Crippen LogP contribution in [0.3, 0.4) is 0 Å².